The molecule has 0 spiro atoms. The van der Waals surface area contributed by atoms with Crippen LogP contribution in [0, 0.1) is 5.92 Å². The SMILES string of the molecule is CC(C)CC(N)C(=O)NC(Cc1ccccc1)C(=O)NC(CCCN=C(N)N)C(=O)NC(CCCN=C(N)N)C(=O)O. The Kier molecular flexibility index (Phi) is 16.0. The predicted octanol–water partition coefficient (Wildman–Crippen LogP) is -1.75. The van der Waals surface area contributed by atoms with Gasteiger partial charge in [0.25, 0.3) is 0 Å². The Morgan fingerprint density at radius 1 is 0.762 bits per heavy atom. The highest BCUT2D eigenvalue weighted by atomic mass is 16.4. The Labute approximate surface area is 246 Å². The van der Waals surface area contributed by atoms with E-state index in [1.54, 1.807) is 24.3 Å². The summed E-state index contributed by atoms with van der Waals surface area (Å²) in [6.07, 6.45) is 1.28. The number of nitrogens with one attached hydrogen (secondary N) is 3. The first-order chi connectivity index (χ1) is 19.8. The number of hydrogen-bond acceptors (Lipinski definition) is 7. The summed E-state index contributed by atoms with van der Waals surface area (Å²) in [7, 11) is 0. The van der Waals surface area contributed by atoms with Crippen LogP contribution >= 0.6 is 0 Å². The van der Waals surface area contributed by atoms with Crippen LogP contribution in [0.3, 0.4) is 0 Å². The first-order valence-electron chi connectivity index (χ1n) is 13.8. The molecule has 4 unspecified atom stereocenters. The van der Waals surface area contributed by atoms with Crippen LogP contribution in [0.1, 0.15) is 51.5 Å². The molecule has 0 radical (unpaired) electrons. The normalized spacial score (nSPS) is 13.6. The van der Waals surface area contributed by atoms with Gasteiger partial charge in [0.1, 0.15) is 18.1 Å². The van der Waals surface area contributed by atoms with Gasteiger partial charge in [-0.1, -0.05) is 44.2 Å². The molecule has 0 aliphatic carbocycles. The smallest absolute Gasteiger partial charge is 0.326 e. The number of benzene rings is 1. The van der Waals surface area contributed by atoms with Gasteiger partial charge in [0.15, 0.2) is 11.9 Å². The lowest BCUT2D eigenvalue weighted by Gasteiger charge is -2.25. The van der Waals surface area contributed by atoms with E-state index in [9.17, 15) is 24.3 Å². The second-order valence-corrected chi connectivity index (χ2v) is 10.3. The molecule has 0 fully saturated rings. The first kappa shape index (κ1) is 35.6. The van der Waals surface area contributed by atoms with Crippen molar-refractivity contribution in [2.24, 2.45) is 44.6 Å². The second kappa shape index (κ2) is 18.9. The minimum Gasteiger partial charge on any atom is -0.480 e. The molecule has 1 aromatic rings. The fraction of sp³-hybridized carbons (Fsp3) is 0.556. The molecule has 0 bridgehead atoms. The summed E-state index contributed by atoms with van der Waals surface area (Å²) in [4.78, 5) is 59.1. The van der Waals surface area contributed by atoms with Crippen molar-refractivity contribution < 1.29 is 24.3 Å². The van der Waals surface area contributed by atoms with Crippen molar-refractivity contribution in [3.05, 3.63) is 35.9 Å². The summed E-state index contributed by atoms with van der Waals surface area (Å²) in [5.74, 6) is -3.21. The summed E-state index contributed by atoms with van der Waals surface area (Å²) < 4.78 is 0. The van der Waals surface area contributed by atoms with Crippen LogP contribution in [0.4, 0.5) is 0 Å². The lowest BCUT2D eigenvalue weighted by molar-refractivity contribution is -0.142. The maximum atomic E-state index is 13.5. The number of rotatable bonds is 19. The number of aliphatic imine (C=N–C) groups is 2. The monoisotopic (exact) mass is 590 g/mol. The summed E-state index contributed by atoms with van der Waals surface area (Å²) in [6.45, 7) is 4.22. The number of nitrogens with two attached hydrogens (primary N) is 5. The first-order valence-corrected chi connectivity index (χ1v) is 13.8. The van der Waals surface area contributed by atoms with Gasteiger partial charge in [0.05, 0.1) is 6.04 Å². The quantitative estimate of drug-likeness (QED) is 0.0497. The van der Waals surface area contributed by atoms with E-state index in [1.807, 2.05) is 19.9 Å². The second-order valence-electron chi connectivity index (χ2n) is 10.3. The highest BCUT2D eigenvalue weighted by Gasteiger charge is 2.30. The van der Waals surface area contributed by atoms with E-state index < -0.39 is 47.9 Å². The number of hydrogen-bond donors (Lipinski definition) is 9. The standard InChI is InChI=1S/C27H46N10O5/c1-16(2)14-18(28)22(38)37-21(15-17-8-4-3-5-9-17)24(40)35-19(10-6-12-33-26(29)30)23(39)36-20(25(41)42)11-7-13-34-27(31)32/h3-5,8-9,16,18-21H,6-7,10-15,28H2,1-2H3,(H,35,40)(H,36,39)(H,37,38)(H,41,42)(H4,29,30,33)(H4,31,32,34). The molecule has 0 saturated heterocycles. The summed E-state index contributed by atoms with van der Waals surface area (Å²) in [5.41, 5.74) is 28.2. The van der Waals surface area contributed by atoms with Gasteiger partial charge >= 0.3 is 5.97 Å². The van der Waals surface area contributed by atoms with Crippen LogP contribution < -0.4 is 44.6 Å². The van der Waals surface area contributed by atoms with Crippen LogP contribution in [0.2, 0.25) is 0 Å². The number of carboxylic acid groups (broad SMARTS) is 1. The molecule has 0 heterocycles. The minimum absolute atomic E-state index is 0.0486. The molecule has 14 N–H and O–H groups in total. The van der Waals surface area contributed by atoms with Crippen molar-refractivity contribution >= 4 is 35.6 Å². The Balaban J connectivity index is 3.13. The van der Waals surface area contributed by atoms with Gasteiger partial charge in [-0.15, -0.1) is 0 Å². The van der Waals surface area contributed by atoms with Crippen molar-refractivity contribution in [3.63, 3.8) is 0 Å². The van der Waals surface area contributed by atoms with E-state index in [2.05, 4.69) is 25.9 Å². The lowest BCUT2D eigenvalue weighted by atomic mass is 10.0. The summed E-state index contributed by atoms with van der Waals surface area (Å²) in [5, 5.41) is 17.5. The van der Waals surface area contributed by atoms with E-state index in [-0.39, 0.29) is 50.2 Å². The van der Waals surface area contributed by atoms with Crippen molar-refractivity contribution in [1.29, 1.82) is 0 Å². The number of carbonyl (C=O) groups is 4. The summed E-state index contributed by atoms with van der Waals surface area (Å²) in [6, 6.07) is 4.75. The number of aliphatic carboxylic acids is 1. The maximum Gasteiger partial charge on any atom is 0.326 e. The molecule has 0 saturated carbocycles. The molecule has 3 amide bonds. The molecule has 234 valence electrons. The molecular formula is C27H46N10O5. The number of carboxylic acids is 1. The van der Waals surface area contributed by atoms with Gasteiger partial charge in [-0.2, -0.15) is 0 Å². The number of guanidine groups is 2. The third-order valence-corrected chi connectivity index (χ3v) is 6.12. The van der Waals surface area contributed by atoms with Crippen LogP contribution in [-0.2, 0) is 25.6 Å². The number of nitrogens with zero attached hydrogens (tertiary/aromatic N) is 2. The van der Waals surface area contributed by atoms with Gasteiger partial charge in [0, 0.05) is 19.5 Å². The Morgan fingerprint density at radius 2 is 1.24 bits per heavy atom. The zero-order valence-corrected chi connectivity index (χ0v) is 24.3. The third-order valence-electron chi connectivity index (χ3n) is 6.12. The average Bonchev–Trinajstić information content (AvgIpc) is 2.91. The third kappa shape index (κ3) is 14.8. The molecule has 15 nitrogen and oxygen atoms in total. The van der Waals surface area contributed by atoms with E-state index in [0.29, 0.717) is 19.3 Å². The largest absolute Gasteiger partial charge is 0.480 e. The Morgan fingerprint density at radius 3 is 1.74 bits per heavy atom. The molecule has 0 aliphatic rings. The van der Waals surface area contributed by atoms with E-state index in [0.717, 1.165) is 5.56 Å². The fourth-order valence-corrected chi connectivity index (χ4v) is 4.03. The molecule has 42 heavy (non-hydrogen) atoms. The molecule has 1 aromatic carbocycles. The molecule has 4 atom stereocenters. The van der Waals surface area contributed by atoms with Crippen molar-refractivity contribution in [1.82, 2.24) is 16.0 Å². The Hall–Kier alpha value is -4.40. The zero-order valence-electron chi connectivity index (χ0n) is 24.3. The van der Waals surface area contributed by atoms with Gasteiger partial charge in [-0.05, 0) is 43.6 Å². The zero-order chi connectivity index (χ0) is 31.7. The van der Waals surface area contributed by atoms with Crippen molar-refractivity contribution in [2.45, 2.75) is 76.5 Å². The highest BCUT2D eigenvalue weighted by Crippen LogP contribution is 2.09. The van der Waals surface area contributed by atoms with E-state index >= 15 is 0 Å². The maximum absolute atomic E-state index is 13.5. The minimum atomic E-state index is -1.26. The van der Waals surface area contributed by atoms with Gasteiger partial charge in [-0.25, -0.2) is 4.79 Å². The van der Waals surface area contributed by atoms with Crippen LogP contribution in [0.5, 0.6) is 0 Å². The van der Waals surface area contributed by atoms with Crippen LogP contribution in [0.15, 0.2) is 40.3 Å². The van der Waals surface area contributed by atoms with E-state index in [1.165, 1.54) is 0 Å². The molecule has 0 aromatic heterocycles. The molecular weight excluding hydrogens is 544 g/mol. The number of amides is 3. The molecule has 0 aliphatic heterocycles. The highest BCUT2D eigenvalue weighted by molar-refractivity contribution is 5.94. The predicted molar refractivity (Wildman–Crippen MR) is 161 cm³/mol. The average molecular weight is 591 g/mol. The van der Waals surface area contributed by atoms with Crippen LogP contribution in [-0.4, -0.2) is 78.0 Å². The van der Waals surface area contributed by atoms with Gasteiger partial charge in [-0.3, -0.25) is 24.4 Å². The van der Waals surface area contributed by atoms with Crippen molar-refractivity contribution in [3.8, 4) is 0 Å². The lowest BCUT2D eigenvalue weighted by Crippen LogP contribution is -2.57. The van der Waals surface area contributed by atoms with E-state index in [4.69, 9.17) is 28.7 Å². The van der Waals surface area contributed by atoms with Crippen molar-refractivity contribution in [2.75, 3.05) is 13.1 Å². The van der Waals surface area contributed by atoms with Gasteiger partial charge in [0.2, 0.25) is 17.7 Å². The van der Waals surface area contributed by atoms with Crippen LogP contribution in [0.25, 0.3) is 0 Å². The Bertz CT molecular complexity index is 1070. The topological polar surface area (TPSA) is 279 Å². The van der Waals surface area contributed by atoms with Gasteiger partial charge < -0.3 is 49.7 Å². The number of carbonyl (C=O) groups excluding carboxylic acids is 3. The fourth-order valence-electron chi connectivity index (χ4n) is 4.03. The molecule has 1 rings (SSSR count). The summed E-state index contributed by atoms with van der Waals surface area (Å²) >= 11 is 0. The molecule has 15 heteroatoms.